The first kappa shape index (κ1) is 8.99. The fourth-order valence-electron chi connectivity index (χ4n) is 1.22. The summed E-state index contributed by atoms with van der Waals surface area (Å²) in [6.45, 7) is 1.36. The van der Waals surface area contributed by atoms with Gasteiger partial charge in [-0.25, -0.2) is 4.79 Å². The maximum Gasteiger partial charge on any atom is 0.394 e. The predicted molar refractivity (Wildman–Crippen MR) is 41.7 cm³/mol. The molecule has 1 amide bonds. The fraction of sp³-hybridized carbons (Fsp3) is 0.714. The van der Waals surface area contributed by atoms with Gasteiger partial charge in [0, 0.05) is 12.6 Å². The molecule has 0 aromatic heterocycles. The molecule has 0 radical (unpaired) electrons. The zero-order valence-electron chi connectivity index (χ0n) is 6.67. The molecule has 1 rings (SSSR count). The number of aliphatic carboxylic acids is 1. The van der Waals surface area contributed by atoms with Gasteiger partial charge in [-0.2, -0.15) is 0 Å². The van der Waals surface area contributed by atoms with E-state index >= 15 is 0 Å². The summed E-state index contributed by atoms with van der Waals surface area (Å²) in [5.41, 5.74) is 0. The van der Waals surface area contributed by atoms with Gasteiger partial charge in [0.2, 0.25) is 0 Å². The highest BCUT2D eigenvalue weighted by Crippen LogP contribution is 2.02. The molecule has 0 aliphatic carbocycles. The van der Waals surface area contributed by atoms with E-state index in [0.29, 0.717) is 6.54 Å². The lowest BCUT2D eigenvalue weighted by Gasteiger charge is -2.09. The summed E-state index contributed by atoms with van der Waals surface area (Å²) < 4.78 is 0. The Bertz CT molecular complexity index is 187. The first-order valence-electron chi connectivity index (χ1n) is 3.94. The Morgan fingerprint density at radius 3 is 2.83 bits per heavy atom. The van der Waals surface area contributed by atoms with Crippen molar-refractivity contribution in [3.05, 3.63) is 0 Å². The summed E-state index contributed by atoms with van der Waals surface area (Å²) in [5.74, 6) is -2.35. The highest BCUT2D eigenvalue weighted by Gasteiger charge is 2.16. The van der Waals surface area contributed by atoms with Crippen LogP contribution in [-0.2, 0) is 9.59 Å². The number of hydrogen-bond donors (Lipinski definition) is 3. The van der Waals surface area contributed by atoms with Crippen molar-refractivity contribution in [1.82, 2.24) is 10.6 Å². The first-order valence-corrected chi connectivity index (χ1v) is 3.94. The van der Waals surface area contributed by atoms with Crippen molar-refractivity contribution in [3.8, 4) is 0 Å². The topological polar surface area (TPSA) is 78.4 Å². The maximum absolute atomic E-state index is 10.6. The Balaban J connectivity index is 2.16. The number of carboxylic acid groups (broad SMARTS) is 1. The molecule has 68 valence electrons. The minimum Gasteiger partial charge on any atom is -0.474 e. The van der Waals surface area contributed by atoms with Gasteiger partial charge in [0.1, 0.15) is 0 Å². The third kappa shape index (κ3) is 2.50. The quantitative estimate of drug-likeness (QED) is 0.464. The van der Waals surface area contributed by atoms with Crippen LogP contribution in [0.25, 0.3) is 0 Å². The monoisotopic (exact) mass is 172 g/mol. The molecule has 0 aromatic carbocycles. The molecule has 0 unspecified atom stereocenters. The van der Waals surface area contributed by atoms with Crippen molar-refractivity contribution >= 4 is 11.9 Å². The predicted octanol–water partition coefficient (Wildman–Crippen LogP) is -1.06. The van der Waals surface area contributed by atoms with Gasteiger partial charge in [-0.05, 0) is 19.4 Å². The normalized spacial score (nSPS) is 22.2. The van der Waals surface area contributed by atoms with Crippen molar-refractivity contribution in [2.75, 3.05) is 13.1 Å². The Labute approximate surface area is 70.1 Å². The molecule has 5 heteroatoms. The minimum absolute atomic E-state index is 0.244. The van der Waals surface area contributed by atoms with Gasteiger partial charge in [0.05, 0.1) is 0 Å². The van der Waals surface area contributed by atoms with E-state index in [1.165, 1.54) is 0 Å². The minimum atomic E-state index is -1.42. The molecule has 1 fully saturated rings. The highest BCUT2D eigenvalue weighted by molar-refractivity contribution is 6.31. The van der Waals surface area contributed by atoms with E-state index in [0.717, 1.165) is 19.4 Å². The number of rotatable bonds is 2. The summed E-state index contributed by atoms with van der Waals surface area (Å²) in [6.07, 6.45) is 2.09. The van der Waals surface area contributed by atoms with Crippen molar-refractivity contribution in [1.29, 1.82) is 0 Å². The average Bonchev–Trinajstić information content (AvgIpc) is 2.51. The van der Waals surface area contributed by atoms with Crippen molar-refractivity contribution < 1.29 is 14.7 Å². The molecule has 3 N–H and O–H groups in total. The van der Waals surface area contributed by atoms with Crippen LogP contribution in [-0.4, -0.2) is 36.1 Å². The number of nitrogens with one attached hydrogen (secondary N) is 2. The van der Waals surface area contributed by atoms with Gasteiger partial charge in [0.25, 0.3) is 0 Å². The highest BCUT2D eigenvalue weighted by atomic mass is 16.4. The second-order valence-electron chi connectivity index (χ2n) is 2.81. The molecular formula is C7H12N2O3. The molecule has 0 bridgehead atoms. The molecule has 1 aliphatic rings. The Hall–Kier alpha value is -1.10. The van der Waals surface area contributed by atoms with Crippen LogP contribution in [0.2, 0.25) is 0 Å². The smallest absolute Gasteiger partial charge is 0.394 e. The number of carboxylic acids is 1. The average molecular weight is 172 g/mol. The third-order valence-electron chi connectivity index (χ3n) is 1.87. The van der Waals surface area contributed by atoms with Gasteiger partial charge in [-0.15, -0.1) is 0 Å². The van der Waals surface area contributed by atoms with Crippen molar-refractivity contribution in [3.63, 3.8) is 0 Å². The number of amides is 1. The summed E-state index contributed by atoms with van der Waals surface area (Å²) in [7, 11) is 0. The van der Waals surface area contributed by atoms with E-state index in [4.69, 9.17) is 5.11 Å². The summed E-state index contributed by atoms with van der Waals surface area (Å²) in [6, 6.07) is 0.244. The Morgan fingerprint density at radius 1 is 1.58 bits per heavy atom. The maximum atomic E-state index is 10.6. The van der Waals surface area contributed by atoms with Gasteiger partial charge >= 0.3 is 11.9 Å². The van der Waals surface area contributed by atoms with Crippen LogP contribution in [0.1, 0.15) is 12.8 Å². The van der Waals surface area contributed by atoms with Crippen molar-refractivity contribution in [2.45, 2.75) is 18.9 Å². The van der Waals surface area contributed by atoms with Crippen LogP contribution in [0.3, 0.4) is 0 Å². The largest absolute Gasteiger partial charge is 0.474 e. The molecule has 12 heavy (non-hydrogen) atoms. The second kappa shape index (κ2) is 4.06. The van der Waals surface area contributed by atoms with E-state index < -0.39 is 11.9 Å². The van der Waals surface area contributed by atoms with E-state index in [1.807, 2.05) is 0 Å². The molecule has 0 saturated carbocycles. The second-order valence-corrected chi connectivity index (χ2v) is 2.81. The number of carbonyl (C=O) groups is 2. The van der Waals surface area contributed by atoms with E-state index in [9.17, 15) is 9.59 Å². The lowest BCUT2D eigenvalue weighted by Crippen LogP contribution is -2.40. The molecule has 1 saturated heterocycles. The van der Waals surface area contributed by atoms with Crippen LogP contribution < -0.4 is 10.6 Å². The zero-order chi connectivity index (χ0) is 8.97. The third-order valence-corrected chi connectivity index (χ3v) is 1.87. The molecular weight excluding hydrogens is 160 g/mol. The number of hydrogen-bond acceptors (Lipinski definition) is 3. The van der Waals surface area contributed by atoms with E-state index in [2.05, 4.69) is 10.6 Å². The van der Waals surface area contributed by atoms with E-state index in [-0.39, 0.29) is 6.04 Å². The standard InChI is InChI=1S/C7H12N2O3/c10-6(7(11)12)9-4-5-2-1-3-8-5/h5,8H,1-4H2,(H,9,10)(H,11,12)/t5-/m1/s1. The lowest BCUT2D eigenvalue weighted by molar-refractivity contribution is -0.150. The van der Waals surface area contributed by atoms with Crippen LogP contribution in [0, 0.1) is 0 Å². The Morgan fingerprint density at radius 2 is 2.33 bits per heavy atom. The molecule has 1 aliphatic heterocycles. The SMILES string of the molecule is O=C(O)C(=O)NC[C@H]1CCCN1. The van der Waals surface area contributed by atoms with Crippen LogP contribution in [0.15, 0.2) is 0 Å². The zero-order valence-corrected chi connectivity index (χ0v) is 6.67. The number of carbonyl (C=O) groups excluding carboxylic acids is 1. The van der Waals surface area contributed by atoms with Gasteiger partial charge < -0.3 is 15.7 Å². The van der Waals surface area contributed by atoms with Gasteiger partial charge in [-0.3, -0.25) is 4.79 Å². The molecule has 1 heterocycles. The molecule has 0 aromatic rings. The van der Waals surface area contributed by atoms with Crippen LogP contribution in [0.5, 0.6) is 0 Å². The summed E-state index contributed by atoms with van der Waals surface area (Å²) >= 11 is 0. The first-order chi connectivity index (χ1) is 5.70. The molecule has 5 nitrogen and oxygen atoms in total. The summed E-state index contributed by atoms with van der Waals surface area (Å²) in [4.78, 5) is 20.6. The summed E-state index contributed by atoms with van der Waals surface area (Å²) in [5, 5.41) is 13.7. The van der Waals surface area contributed by atoms with Gasteiger partial charge in [-0.1, -0.05) is 0 Å². The van der Waals surface area contributed by atoms with Gasteiger partial charge in [0.15, 0.2) is 0 Å². The van der Waals surface area contributed by atoms with Crippen LogP contribution >= 0.6 is 0 Å². The molecule has 0 spiro atoms. The fourth-order valence-corrected chi connectivity index (χ4v) is 1.22. The Kier molecular flexibility index (Phi) is 3.04. The van der Waals surface area contributed by atoms with E-state index in [1.54, 1.807) is 0 Å². The lowest BCUT2D eigenvalue weighted by atomic mass is 10.2. The van der Waals surface area contributed by atoms with Crippen molar-refractivity contribution in [2.24, 2.45) is 0 Å². The van der Waals surface area contributed by atoms with Crippen LogP contribution in [0.4, 0.5) is 0 Å². The molecule has 1 atom stereocenters.